The van der Waals surface area contributed by atoms with Gasteiger partial charge in [-0.1, -0.05) is 12.2 Å². The summed E-state index contributed by atoms with van der Waals surface area (Å²) in [5.74, 6) is -0.482. The number of hydrogen-bond acceptors (Lipinski definition) is 3. The number of pyridine rings is 1. The summed E-state index contributed by atoms with van der Waals surface area (Å²) in [6.07, 6.45) is -3.49. The molecule has 1 aromatic rings. The number of amides is 1. The van der Waals surface area contributed by atoms with Crippen molar-refractivity contribution in [2.75, 3.05) is 13.6 Å². The summed E-state index contributed by atoms with van der Waals surface area (Å²) in [5.41, 5.74) is 4.35. The van der Waals surface area contributed by atoms with E-state index in [1.807, 2.05) is 0 Å². The van der Waals surface area contributed by atoms with Crippen LogP contribution in [0.3, 0.4) is 0 Å². The maximum Gasteiger partial charge on any atom is 0.417 e. The van der Waals surface area contributed by atoms with E-state index in [9.17, 15) is 18.0 Å². The van der Waals surface area contributed by atoms with Crippen LogP contribution in [0.1, 0.15) is 22.5 Å². The lowest BCUT2D eigenvalue weighted by Crippen LogP contribution is -2.30. The molecule has 0 radical (unpaired) electrons. The minimum Gasteiger partial charge on any atom is -0.393 e. The Hall–Kier alpha value is -1.70. The predicted octanol–water partition coefficient (Wildman–Crippen LogP) is 1.85. The molecule has 2 N–H and O–H groups in total. The van der Waals surface area contributed by atoms with Crippen LogP contribution in [0.2, 0.25) is 0 Å². The fraction of sp³-hybridized carbons (Fsp3) is 0.364. The van der Waals surface area contributed by atoms with Crippen LogP contribution in [-0.2, 0) is 6.18 Å². The molecule has 0 atom stereocenters. The summed E-state index contributed by atoms with van der Waals surface area (Å²) in [7, 11) is 1.50. The summed E-state index contributed by atoms with van der Waals surface area (Å²) >= 11 is 4.67. The third kappa shape index (κ3) is 4.47. The molecule has 0 spiro atoms. The molecule has 0 unspecified atom stereocenters. The van der Waals surface area contributed by atoms with E-state index in [2.05, 4.69) is 17.2 Å². The van der Waals surface area contributed by atoms with Gasteiger partial charge in [-0.3, -0.25) is 9.78 Å². The molecule has 1 aromatic heterocycles. The van der Waals surface area contributed by atoms with Gasteiger partial charge >= 0.3 is 6.18 Å². The van der Waals surface area contributed by atoms with Crippen molar-refractivity contribution in [2.45, 2.75) is 12.6 Å². The SMILES string of the molecule is CN(CCC(N)=S)C(=O)c1ccc(C(F)(F)F)cn1. The lowest BCUT2D eigenvalue weighted by Gasteiger charge is -2.16. The molecule has 1 amide bonds. The number of alkyl halides is 3. The Kier molecular flexibility index (Phi) is 4.82. The van der Waals surface area contributed by atoms with Crippen LogP contribution >= 0.6 is 12.2 Å². The van der Waals surface area contributed by atoms with Crippen molar-refractivity contribution in [1.29, 1.82) is 0 Å². The highest BCUT2D eigenvalue weighted by atomic mass is 32.1. The quantitative estimate of drug-likeness (QED) is 0.860. The highest BCUT2D eigenvalue weighted by Crippen LogP contribution is 2.28. The van der Waals surface area contributed by atoms with Crippen LogP contribution < -0.4 is 5.73 Å². The van der Waals surface area contributed by atoms with E-state index in [0.717, 1.165) is 12.1 Å². The van der Waals surface area contributed by atoms with Gasteiger partial charge in [-0.15, -0.1) is 0 Å². The molecule has 19 heavy (non-hydrogen) atoms. The zero-order valence-corrected chi connectivity index (χ0v) is 10.9. The molecule has 1 heterocycles. The molecular weight excluding hydrogens is 279 g/mol. The molecule has 1 rings (SSSR count). The second-order valence-electron chi connectivity index (χ2n) is 3.87. The monoisotopic (exact) mass is 291 g/mol. The fourth-order valence-corrected chi connectivity index (χ4v) is 1.35. The second kappa shape index (κ2) is 5.96. The van der Waals surface area contributed by atoms with Gasteiger partial charge in [-0.25, -0.2) is 0 Å². The van der Waals surface area contributed by atoms with Gasteiger partial charge in [0.25, 0.3) is 5.91 Å². The van der Waals surface area contributed by atoms with E-state index in [1.54, 1.807) is 0 Å². The first-order chi connectivity index (χ1) is 8.71. The van der Waals surface area contributed by atoms with Gasteiger partial charge in [0.2, 0.25) is 0 Å². The highest BCUT2D eigenvalue weighted by Gasteiger charge is 2.31. The number of carbonyl (C=O) groups is 1. The molecular formula is C11H12F3N3OS. The third-order valence-corrected chi connectivity index (χ3v) is 2.55. The van der Waals surface area contributed by atoms with Crippen molar-refractivity contribution in [3.8, 4) is 0 Å². The van der Waals surface area contributed by atoms with E-state index in [4.69, 9.17) is 5.73 Å². The van der Waals surface area contributed by atoms with Gasteiger partial charge in [0.1, 0.15) is 5.69 Å². The topological polar surface area (TPSA) is 59.2 Å². The Labute approximate surface area is 113 Å². The number of nitrogens with zero attached hydrogens (tertiary/aromatic N) is 2. The number of nitrogens with two attached hydrogens (primary N) is 1. The average Bonchev–Trinajstić information content (AvgIpc) is 2.34. The molecule has 0 aliphatic carbocycles. The first-order valence-corrected chi connectivity index (χ1v) is 5.69. The van der Waals surface area contributed by atoms with Crippen molar-refractivity contribution in [3.05, 3.63) is 29.6 Å². The molecule has 0 bridgehead atoms. The Balaban J connectivity index is 2.75. The van der Waals surface area contributed by atoms with Gasteiger partial charge in [-0.05, 0) is 12.1 Å². The van der Waals surface area contributed by atoms with Crippen LogP contribution in [0.25, 0.3) is 0 Å². The summed E-state index contributed by atoms with van der Waals surface area (Å²) in [6.45, 7) is 0.289. The van der Waals surface area contributed by atoms with Crippen LogP contribution in [0.4, 0.5) is 13.2 Å². The molecule has 0 fully saturated rings. The van der Waals surface area contributed by atoms with Gasteiger partial charge in [0.05, 0.1) is 10.6 Å². The fourth-order valence-electron chi connectivity index (χ4n) is 1.26. The number of rotatable bonds is 4. The Morgan fingerprint density at radius 1 is 1.47 bits per heavy atom. The molecule has 8 heteroatoms. The molecule has 0 aromatic carbocycles. The Bertz CT molecular complexity index is 473. The minimum atomic E-state index is -4.47. The number of carbonyl (C=O) groups excluding carboxylic acids is 1. The van der Waals surface area contributed by atoms with Crippen LogP contribution in [-0.4, -0.2) is 34.4 Å². The molecule has 0 saturated heterocycles. The zero-order chi connectivity index (χ0) is 14.6. The van der Waals surface area contributed by atoms with Gasteiger partial charge < -0.3 is 10.6 Å². The van der Waals surface area contributed by atoms with Gasteiger partial charge in [-0.2, -0.15) is 13.2 Å². The van der Waals surface area contributed by atoms with Crippen LogP contribution in [0, 0.1) is 0 Å². The van der Waals surface area contributed by atoms with Crippen molar-refractivity contribution in [2.24, 2.45) is 5.73 Å². The molecule has 0 saturated carbocycles. The van der Waals surface area contributed by atoms with Crippen molar-refractivity contribution in [3.63, 3.8) is 0 Å². The molecule has 104 valence electrons. The largest absolute Gasteiger partial charge is 0.417 e. The van der Waals surface area contributed by atoms with Crippen molar-refractivity contribution in [1.82, 2.24) is 9.88 Å². The lowest BCUT2D eigenvalue weighted by atomic mass is 10.2. The zero-order valence-electron chi connectivity index (χ0n) is 10.1. The normalized spacial score (nSPS) is 11.2. The first kappa shape index (κ1) is 15.4. The van der Waals surface area contributed by atoms with Crippen molar-refractivity contribution < 1.29 is 18.0 Å². The maximum atomic E-state index is 12.3. The second-order valence-corrected chi connectivity index (χ2v) is 4.40. The van der Waals surface area contributed by atoms with E-state index in [0.29, 0.717) is 12.6 Å². The Morgan fingerprint density at radius 2 is 2.11 bits per heavy atom. The van der Waals surface area contributed by atoms with E-state index >= 15 is 0 Å². The summed E-state index contributed by atoms with van der Waals surface area (Å²) in [5, 5.41) is 0. The predicted molar refractivity (Wildman–Crippen MR) is 67.6 cm³/mol. The van der Waals surface area contributed by atoms with E-state index in [-0.39, 0.29) is 17.2 Å². The van der Waals surface area contributed by atoms with E-state index < -0.39 is 17.6 Å². The number of hydrogen-bond donors (Lipinski definition) is 1. The first-order valence-electron chi connectivity index (χ1n) is 5.29. The number of aromatic nitrogens is 1. The van der Waals surface area contributed by atoms with E-state index in [1.165, 1.54) is 11.9 Å². The smallest absolute Gasteiger partial charge is 0.393 e. The maximum absolute atomic E-state index is 12.3. The van der Waals surface area contributed by atoms with Gasteiger partial charge in [0.15, 0.2) is 0 Å². The molecule has 4 nitrogen and oxygen atoms in total. The summed E-state index contributed by atoms with van der Waals surface area (Å²) in [6, 6.07) is 1.87. The summed E-state index contributed by atoms with van der Waals surface area (Å²) < 4.78 is 37.0. The lowest BCUT2D eigenvalue weighted by molar-refractivity contribution is -0.137. The molecule has 0 aliphatic heterocycles. The average molecular weight is 291 g/mol. The summed E-state index contributed by atoms with van der Waals surface area (Å²) in [4.78, 5) is 16.9. The standard InChI is InChI=1S/C11H12F3N3OS/c1-17(5-4-9(15)19)10(18)8-3-2-7(6-16-8)11(12,13)14/h2-3,6H,4-5H2,1H3,(H2,15,19). The van der Waals surface area contributed by atoms with Crippen LogP contribution in [0.5, 0.6) is 0 Å². The number of halogens is 3. The minimum absolute atomic E-state index is 0.0570. The van der Waals surface area contributed by atoms with Crippen molar-refractivity contribution >= 4 is 23.1 Å². The third-order valence-electron chi connectivity index (χ3n) is 2.35. The van der Waals surface area contributed by atoms with Gasteiger partial charge in [0, 0.05) is 26.2 Å². The Morgan fingerprint density at radius 3 is 2.53 bits per heavy atom. The number of thiocarbonyl (C=S) groups is 1. The highest BCUT2D eigenvalue weighted by molar-refractivity contribution is 7.80. The molecule has 0 aliphatic rings. The van der Waals surface area contributed by atoms with Crippen LogP contribution in [0.15, 0.2) is 18.3 Å².